The Morgan fingerprint density at radius 2 is 1.64 bits per heavy atom. The number of carbonyl (C=O) groups excluding carboxylic acids is 2. The van der Waals surface area contributed by atoms with E-state index in [9.17, 15) is 31.2 Å². The number of amides is 2. The van der Waals surface area contributed by atoms with E-state index in [1.807, 2.05) is 0 Å². The van der Waals surface area contributed by atoms with E-state index in [1.165, 1.54) is 38.2 Å². The Balaban J connectivity index is 2.13. The summed E-state index contributed by atoms with van der Waals surface area (Å²) in [5.74, 6) is -1.40. The van der Waals surface area contributed by atoms with Crippen LogP contribution in [0, 0.1) is 0 Å². The highest BCUT2D eigenvalue weighted by Gasteiger charge is 2.36. The van der Waals surface area contributed by atoms with Crippen LogP contribution in [0.15, 0.2) is 77.7 Å². The molecule has 0 bridgehead atoms. The third-order valence-corrected chi connectivity index (χ3v) is 8.14. The van der Waals surface area contributed by atoms with E-state index in [0.29, 0.717) is 27.0 Å². The summed E-state index contributed by atoms with van der Waals surface area (Å²) in [7, 11) is -3.22. The second kappa shape index (κ2) is 12.3. The van der Waals surface area contributed by atoms with Crippen LogP contribution in [0.4, 0.5) is 18.9 Å². The van der Waals surface area contributed by atoms with Crippen molar-refractivity contribution in [3.05, 3.63) is 94.0 Å². The number of anilines is 1. The molecule has 3 rings (SSSR count). The van der Waals surface area contributed by atoms with Crippen LogP contribution in [0.25, 0.3) is 0 Å². The van der Waals surface area contributed by atoms with Gasteiger partial charge in [-0.3, -0.25) is 13.9 Å². The minimum absolute atomic E-state index is 0.135. The highest BCUT2D eigenvalue weighted by molar-refractivity contribution is 7.92. The number of hydrogen-bond donors (Lipinski definition) is 1. The Morgan fingerprint density at radius 1 is 0.974 bits per heavy atom. The number of rotatable bonds is 9. The van der Waals surface area contributed by atoms with Gasteiger partial charge in [-0.15, -0.1) is 0 Å². The number of alkyl halides is 3. The lowest BCUT2D eigenvalue weighted by Gasteiger charge is -2.32. The van der Waals surface area contributed by atoms with E-state index in [4.69, 9.17) is 23.2 Å². The van der Waals surface area contributed by atoms with Crippen molar-refractivity contribution >= 4 is 50.7 Å². The molecule has 0 aliphatic rings. The van der Waals surface area contributed by atoms with Crippen molar-refractivity contribution < 1.29 is 31.2 Å². The number of benzene rings is 3. The van der Waals surface area contributed by atoms with Gasteiger partial charge in [-0.1, -0.05) is 53.5 Å². The van der Waals surface area contributed by atoms with Crippen molar-refractivity contribution in [3.63, 3.8) is 0 Å². The molecular formula is C26H24Cl2F3N3O4S. The van der Waals surface area contributed by atoms with Crippen molar-refractivity contribution in [3.8, 4) is 0 Å². The van der Waals surface area contributed by atoms with E-state index >= 15 is 0 Å². The molecule has 0 aliphatic heterocycles. The average Bonchev–Trinajstić information content (AvgIpc) is 2.89. The number of sulfonamides is 1. The Morgan fingerprint density at radius 3 is 2.23 bits per heavy atom. The van der Waals surface area contributed by atoms with Crippen LogP contribution in [-0.2, 0) is 32.3 Å². The smallest absolute Gasteiger partial charge is 0.357 e. The molecule has 3 aromatic carbocycles. The Kier molecular flexibility index (Phi) is 9.52. The Hall–Kier alpha value is -3.28. The molecule has 3 aromatic rings. The molecule has 1 N–H and O–H groups in total. The highest BCUT2D eigenvalue weighted by Crippen LogP contribution is 2.37. The summed E-state index contributed by atoms with van der Waals surface area (Å²) < 4.78 is 68.5. The van der Waals surface area contributed by atoms with Gasteiger partial charge in [0.05, 0.1) is 21.2 Å². The van der Waals surface area contributed by atoms with Crippen LogP contribution in [0.1, 0.15) is 18.1 Å². The molecule has 0 radical (unpaired) electrons. The molecule has 1 atom stereocenters. The first-order chi connectivity index (χ1) is 18.3. The normalized spacial score (nSPS) is 12.5. The molecule has 0 saturated carbocycles. The topological polar surface area (TPSA) is 86.8 Å². The van der Waals surface area contributed by atoms with Crippen molar-refractivity contribution in [1.82, 2.24) is 10.2 Å². The maximum absolute atomic E-state index is 13.7. The van der Waals surface area contributed by atoms with Crippen LogP contribution in [-0.4, -0.2) is 44.8 Å². The zero-order chi connectivity index (χ0) is 29.0. The molecule has 2 amide bonds. The lowest BCUT2D eigenvalue weighted by Crippen LogP contribution is -2.50. The van der Waals surface area contributed by atoms with E-state index in [-0.39, 0.29) is 16.5 Å². The van der Waals surface area contributed by atoms with Gasteiger partial charge in [0.25, 0.3) is 10.0 Å². The van der Waals surface area contributed by atoms with Gasteiger partial charge in [0.1, 0.15) is 12.6 Å². The average molecular weight is 602 g/mol. The summed E-state index contributed by atoms with van der Waals surface area (Å²) in [6.45, 7) is 0.359. The maximum atomic E-state index is 13.7. The van der Waals surface area contributed by atoms with Gasteiger partial charge in [0.15, 0.2) is 0 Å². The van der Waals surface area contributed by atoms with E-state index in [2.05, 4.69) is 5.32 Å². The van der Waals surface area contributed by atoms with Crippen molar-refractivity contribution in [1.29, 1.82) is 0 Å². The molecule has 208 valence electrons. The molecule has 0 fully saturated rings. The molecule has 0 aliphatic carbocycles. The minimum atomic E-state index is -4.81. The third kappa shape index (κ3) is 7.23. The van der Waals surface area contributed by atoms with Crippen molar-refractivity contribution in [2.45, 2.75) is 30.6 Å². The first-order valence-electron chi connectivity index (χ1n) is 11.5. The molecule has 39 heavy (non-hydrogen) atoms. The predicted octanol–water partition coefficient (Wildman–Crippen LogP) is 5.37. The molecule has 13 heteroatoms. The van der Waals surface area contributed by atoms with E-state index in [0.717, 1.165) is 11.0 Å². The third-order valence-electron chi connectivity index (χ3n) is 5.81. The minimum Gasteiger partial charge on any atom is -0.357 e. The second-order valence-electron chi connectivity index (χ2n) is 8.43. The Bertz CT molecular complexity index is 1450. The quantitative estimate of drug-likeness (QED) is 0.357. The number of carbonyl (C=O) groups is 2. The summed E-state index contributed by atoms with van der Waals surface area (Å²) >= 11 is 12.3. The fourth-order valence-electron chi connectivity index (χ4n) is 3.74. The Labute approximate surface area is 234 Å². The summed E-state index contributed by atoms with van der Waals surface area (Å²) in [6, 6.07) is 14.5. The monoisotopic (exact) mass is 601 g/mol. The van der Waals surface area contributed by atoms with Gasteiger partial charge in [-0.05, 0) is 55.0 Å². The summed E-state index contributed by atoms with van der Waals surface area (Å²) in [4.78, 5) is 27.0. The van der Waals surface area contributed by atoms with Crippen LogP contribution >= 0.6 is 23.2 Å². The number of hydrogen-bond acceptors (Lipinski definition) is 4. The number of halogens is 5. The standard InChI is InChI=1S/C26H24Cl2F3N3O4S/c1-17(25(36)32-2)33(15-18-7-6-8-20(27)13-18)24(35)16-34(39(37,38)21-9-4-3-5-10-21)23-14-19(26(29,30)31)11-12-22(23)28/h3-14,17H,15-16H2,1-2H3,(H,32,36). The zero-order valence-corrected chi connectivity index (χ0v) is 23.1. The zero-order valence-electron chi connectivity index (χ0n) is 20.7. The first-order valence-corrected chi connectivity index (χ1v) is 13.7. The maximum Gasteiger partial charge on any atom is 0.416 e. The largest absolute Gasteiger partial charge is 0.416 e. The van der Waals surface area contributed by atoms with E-state index < -0.39 is 51.9 Å². The van der Waals surface area contributed by atoms with Crippen molar-refractivity contribution in [2.24, 2.45) is 0 Å². The molecule has 0 aromatic heterocycles. The predicted molar refractivity (Wildman–Crippen MR) is 143 cm³/mol. The number of likely N-dealkylation sites (N-methyl/N-ethyl adjacent to an activating group) is 1. The van der Waals surface area contributed by atoms with Crippen LogP contribution in [0.5, 0.6) is 0 Å². The van der Waals surface area contributed by atoms with Crippen LogP contribution < -0.4 is 9.62 Å². The summed E-state index contributed by atoms with van der Waals surface area (Å²) in [6.07, 6.45) is -4.81. The van der Waals surface area contributed by atoms with Gasteiger partial charge < -0.3 is 10.2 Å². The van der Waals surface area contributed by atoms with Gasteiger partial charge in [0, 0.05) is 18.6 Å². The van der Waals surface area contributed by atoms with Crippen LogP contribution in [0.3, 0.4) is 0 Å². The lowest BCUT2D eigenvalue weighted by molar-refractivity contribution is -0.139. The van der Waals surface area contributed by atoms with E-state index in [1.54, 1.807) is 30.3 Å². The van der Waals surface area contributed by atoms with Crippen LogP contribution in [0.2, 0.25) is 10.0 Å². The van der Waals surface area contributed by atoms with Gasteiger partial charge in [-0.2, -0.15) is 13.2 Å². The van der Waals surface area contributed by atoms with Crippen molar-refractivity contribution in [2.75, 3.05) is 17.9 Å². The number of nitrogens with one attached hydrogen (secondary N) is 1. The highest BCUT2D eigenvalue weighted by atomic mass is 35.5. The second-order valence-corrected chi connectivity index (χ2v) is 11.1. The molecule has 0 spiro atoms. The lowest BCUT2D eigenvalue weighted by atomic mass is 10.1. The summed E-state index contributed by atoms with van der Waals surface area (Å²) in [5, 5.41) is 2.48. The van der Waals surface area contributed by atoms with Gasteiger partial charge in [0.2, 0.25) is 11.8 Å². The molecule has 1 unspecified atom stereocenters. The first kappa shape index (κ1) is 30.3. The molecular weight excluding hydrogens is 578 g/mol. The fraction of sp³-hybridized carbons (Fsp3) is 0.231. The van der Waals surface area contributed by atoms with Gasteiger partial charge >= 0.3 is 6.18 Å². The number of nitrogens with zero attached hydrogens (tertiary/aromatic N) is 2. The fourth-order valence-corrected chi connectivity index (χ4v) is 5.67. The molecule has 7 nitrogen and oxygen atoms in total. The molecule has 0 saturated heterocycles. The summed E-state index contributed by atoms with van der Waals surface area (Å²) in [5.41, 5.74) is -1.16. The SMILES string of the molecule is CNC(=O)C(C)N(Cc1cccc(Cl)c1)C(=O)CN(c1cc(C(F)(F)F)ccc1Cl)S(=O)(=O)c1ccccc1. The van der Waals surface area contributed by atoms with Gasteiger partial charge in [-0.25, -0.2) is 8.42 Å². The molecule has 0 heterocycles.